The molecule has 1 fully saturated rings. The fraction of sp³-hybridized carbons (Fsp3) is 0.562. The molecule has 0 spiro atoms. The molecule has 0 aliphatic carbocycles. The predicted molar refractivity (Wildman–Crippen MR) is 77.8 cm³/mol. The van der Waals surface area contributed by atoms with E-state index in [-0.39, 0.29) is 11.7 Å². The molecule has 1 aliphatic heterocycles. The largest absolute Gasteiger partial charge is 0.342 e. The summed E-state index contributed by atoms with van der Waals surface area (Å²) in [5, 5.41) is 0. The van der Waals surface area contributed by atoms with E-state index in [1.165, 1.54) is 18.9 Å². The van der Waals surface area contributed by atoms with Crippen molar-refractivity contribution in [3.8, 4) is 0 Å². The molecule has 110 valence electrons. The molecule has 1 aliphatic rings. The lowest BCUT2D eigenvalue weighted by Crippen LogP contribution is -2.39. The highest BCUT2D eigenvalue weighted by molar-refractivity contribution is 5.78. The second-order valence-electron chi connectivity index (χ2n) is 5.56. The van der Waals surface area contributed by atoms with E-state index in [0.29, 0.717) is 18.7 Å². The standard InChI is InChI=1S/C16H23FN2O/c1-18(12-14-8-4-5-9-15(14)17)13-16(20)19-10-6-2-3-7-11-19/h4-5,8-9H,2-3,6-7,10-13H2,1H3. The van der Waals surface area contributed by atoms with E-state index in [2.05, 4.69) is 0 Å². The van der Waals surface area contributed by atoms with Crippen LogP contribution in [0.15, 0.2) is 24.3 Å². The van der Waals surface area contributed by atoms with Crippen molar-refractivity contribution >= 4 is 5.91 Å². The van der Waals surface area contributed by atoms with Gasteiger partial charge in [0.05, 0.1) is 6.54 Å². The Kier molecular flexibility index (Phi) is 5.53. The first-order chi connectivity index (χ1) is 9.66. The second kappa shape index (κ2) is 7.39. The molecule has 1 aromatic rings. The van der Waals surface area contributed by atoms with Gasteiger partial charge in [0, 0.05) is 25.2 Å². The van der Waals surface area contributed by atoms with Crippen molar-refractivity contribution in [3.63, 3.8) is 0 Å². The molecule has 1 aromatic carbocycles. The number of likely N-dealkylation sites (tertiary alicyclic amines) is 1. The molecule has 0 N–H and O–H groups in total. The number of hydrogen-bond donors (Lipinski definition) is 0. The molecule has 0 saturated carbocycles. The lowest BCUT2D eigenvalue weighted by atomic mass is 10.2. The third-order valence-corrected chi connectivity index (χ3v) is 3.76. The van der Waals surface area contributed by atoms with Crippen LogP contribution in [0.3, 0.4) is 0 Å². The number of rotatable bonds is 4. The molecule has 0 atom stereocenters. The van der Waals surface area contributed by atoms with E-state index in [1.807, 2.05) is 22.9 Å². The summed E-state index contributed by atoms with van der Waals surface area (Å²) in [6.45, 7) is 2.55. The van der Waals surface area contributed by atoms with Crippen molar-refractivity contribution in [2.24, 2.45) is 0 Å². The van der Waals surface area contributed by atoms with Crippen LogP contribution in [0.4, 0.5) is 4.39 Å². The Morgan fingerprint density at radius 2 is 1.85 bits per heavy atom. The summed E-state index contributed by atoms with van der Waals surface area (Å²) < 4.78 is 13.6. The Labute approximate surface area is 120 Å². The van der Waals surface area contributed by atoms with Gasteiger partial charge in [-0.1, -0.05) is 31.0 Å². The minimum absolute atomic E-state index is 0.158. The fourth-order valence-electron chi connectivity index (χ4n) is 2.62. The van der Waals surface area contributed by atoms with Gasteiger partial charge in [0.25, 0.3) is 0 Å². The highest BCUT2D eigenvalue weighted by Crippen LogP contribution is 2.12. The van der Waals surface area contributed by atoms with E-state index in [0.717, 1.165) is 25.9 Å². The molecule has 0 unspecified atom stereocenters. The summed E-state index contributed by atoms with van der Waals surface area (Å²) in [6, 6.07) is 6.73. The van der Waals surface area contributed by atoms with Gasteiger partial charge in [-0.05, 0) is 26.0 Å². The summed E-state index contributed by atoms with van der Waals surface area (Å²) in [5.74, 6) is -0.0488. The smallest absolute Gasteiger partial charge is 0.236 e. The first-order valence-electron chi connectivity index (χ1n) is 7.36. The average Bonchev–Trinajstić information content (AvgIpc) is 2.70. The summed E-state index contributed by atoms with van der Waals surface area (Å²) >= 11 is 0. The quantitative estimate of drug-likeness (QED) is 0.845. The Hall–Kier alpha value is -1.42. The highest BCUT2D eigenvalue weighted by atomic mass is 19.1. The molecule has 2 rings (SSSR count). The Bertz CT molecular complexity index is 442. The molecule has 0 bridgehead atoms. The van der Waals surface area contributed by atoms with Crippen molar-refractivity contribution in [1.82, 2.24) is 9.80 Å². The summed E-state index contributed by atoms with van der Waals surface area (Å²) in [4.78, 5) is 16.1. The Morgan fingerprint density at radius 1 is 1.20 bits per heavy atom. The molecule has 0 radical (unpaired) electrons. The van der Waals surface area contributed by atoms with Gasteiger partial charge in [0.2, 0.25) is 5.91 Å². The number of halogens is 1. The van der Waals surface area contributed by atoms with Crippen molar-refractivity contribution in [2.45, 2.75) is 32.2 Å². The zero-order valence-electron chi connectivity index (χ0n) is 12.1. The van der Waals surface area contributed by atoms with Crippen molar-refractivity contribution in [2.75, 3.05) is 26.7 Å². The van der Waals surface area contributed by atoms with Crippen LogP contribution in [-0.2, 0) is 11.3 Å². The number of amides is 1. The molecule has 4 heteroatoms. The number of benzene rings is 1. The maximum Gasteiger partial charge on any atom is 0.236 e. The fourth-order valence-corrected chi connectivity index (χ4v) is 2.62. The predicted octanol–water partition coefficient (Wildman–Crippen LogP) is 2.66. The maximum absolute atomic E-state index is 13.6. The summed E-state index contributed by atoms with van der Waals surface area (Å²) in [5.41, 5.74) is 0.638. The number of carbonyl (C=O) groups excluding carboxylic acids is 1. The first-order valence-corrected chi connectivity index (χ1v) is 7.36. The van der Waals surface area contributed by atoms with E-state index < -0.39 is 0 Å². The maximum atomic E-state index is 13.6. The van der Waals surface area contributed by atoms with Crippen LogP contribution in [0.1, 0.15) is 31.2 Å². The van der Waals surface area contributed by atoms with Gasteiger partial charge in [-0.25, -0.2) is 4.39 Å². The molecular formula is C16H23FN2O. The lowest BCUT2D eigenvalue weighted by molar-refractivity contribution is -0.132. The molecule has 0 aromatic heterocycles. The van der Waals surface area contributed by atoms with Crippen LogP contribution in [0.5, 0.6) is 0 Å². The van der Waals surface area contributed by atoms with Gasteiger partial charge in [-0.2, -0.15) is 0 Å². The van der Waals surface area contributed by atoms with Gasteiger partial charge in [-0.3, -0.25) is 9.69 Å². The Balaban J connectivity index is 1.85. The first kappa shape index (κ1) is 15.0. The second-order valence-corrected chi connectivity index (χ2v) is 5.56. The summed E-state index contributed by atoms with van der Waals surface area (Å²) in [7, 11) is 1.86. The monoisotopic (exact) mass is 278 g/mol. The molecule has 1 heterocycles. The van der Waals surface area contributed by atoms with Crippen LogP contribution < -0.4 is 0 Å². The van der Waals surface area contributed by atoms with Crippen molar-refractivity contribution in [1.29, 1.82) is 0 Å². The van der Waals surface area contributed by atoms with E-state index in [1.54, 1.807) is 12.1 Å². The number of carbonyl (C=O) groups is 1. The molecule has 20 heavy (non-hydrogen) atoms. The third-order valence-electron chi connectivity index (χ3n) is 3.76. The van der Waals surface area contributed by atoms with Gasteiger partial charge in [0.15, 0.2) is 0 Å². The zero-order valence-corrected chi connectivity index (χ0v) is 12.1. The molecule has 1 saturated heterocycles. The van der Waals surface area contributed by atoms with Crippen LogP contribution in [0, 0.1) is 5.82 Å². The minimum atomic E-state index is -0.207. The normalized spacial score (nSPS) is 16.2. The van der Waals surface area contributed by atoms with Crippen molar-refractivity contribution < 1.29 is 9.18 Å². The van der Waals surface area contributed by atoms with Gasteiger partial charge in [-0.15, -0.1) is 0 Å². The van der Waals surface area contributed by atoms with Crippen LogP contribution in [0.25, 0.3) is 0 Å². The lowest BCUT2D eigenvalue weighted by Gasteiger charge is -2.24. The van der Waals surface area contributed by atoms with Gasteiger partial charge in [0.1, 0.15) is 5.82 Å². The van der Waals surface area contributed by atoms with Crippen LogP contribution in [-0.4, -0.2) is 42.4 Å². The minimum Gasteiger partial charge on any atom is -0.342 e. The molecular weight excluding hydrogens is 255 g/mol. The van der Waals surface area contributed by atoms with Gasteiger partial charge < -0.3 is 4.90 Å². The van der Waals surface area contributed by atoms with E-state index in [9.17, 15) is 9.18 Å². The number of nitrogens with zero attached hydrogens (tertiary/aromatic N) is 2. The van der Waals surface area contributed by atoms with Gasteiger partial charge >= 0.3 is 0 Å². The average molecular weight is 278 g/mol. The SMILES string of the molecule is CN(CC(=O)N1CCCCCC1)Cc1ccccc1F. The van der Waals surface area contributed by atoms with E-state index in [4.69, 9.17) is 0 Å². The Morgan fingerprint density at radius 3 is 2.50 bits per heavy atom. The summed E-state index contributed by atoms with van der Waals surface area (Å²) in [6.07, 6.45) is 4.63. The van der Waals surface area contributed by atoms with Crippen LogP contribution in [0.2, 0.25) is 0 Å². The zero-order chi connectivity index (χ0) is 14.4. The topological polar surface area (TPSA) is 23.6 Å². The third kappa shape index (κ3) is 4.30. The van der Waals surface area contributed by atoms with Crippen molar-refractivity contribution in [3.05, 3.63) is 35.6 Å². The molecule has 1 amide bonds. The number of likely N-dealkylation sites (N-methyl/N-ethyl adjacent to an activating group) is 1. The molecule has 3 nitrogen and oxygen atoms in total. The van der Waals surface area contributed by atoms with Crippen LogP contribution >= 0.6 is 0 Å². The highest BCUT2D eigenvalue weighted by Gasteiger charge is 2.17. The van der Waals surface area contributed by atoms with E-state index >= 15 is 0 Å². The number of hydrogen-bond acceptors (Lipinski definition) is 2.